The van der Waals surface area contributed by atoms with Crippen molar-refractivity contribution in [3.8, 4) is 11.5 Å². The van der Waals surface area contributed by atoms with Gasteiger partial charge in [0.05, 0.1) is 12.2 Å². The Hall–Kier alpha value is -2.33. The molecule has 2 aromatic carbocycles. The number of carbonyl (C=O) groups is 1. The molecule has 0 saturated heterocycles. The molecule has 0 heterocycles. The van der Waals surface area contributed by atoms with E-state index in [9.17, 15) is 4.79 Å². The number of hydrogen-bond donors (Lipinski definition) is 0. The summed E-state index contributed by atoms with van der Waals surface area (Å²) in [6.07, 6.45) is 2.61. The van der Waals surface area contributed by atoms with Crippen LogP contribution in [0.25, 0.3) is 0 Å². The first kappa shape index (κ1) is 18.0. The second-order valence-electron chi connectivity index (χ2n) is 5.57. The van der Waals surface area contributed by atoms with E-state index in [-0.39, 0.29) is 6.79 Å². The Balaban J connectivity index is 2.08. The molecule has 0 amide bonds. The van der Waals surface area contributed by atoms with Crippen LogP contribution in [0.5, 0.6) is 11.5 Å². The third-order valence-corrected chi connectivity index (χ3v) is 3.80. The summed E-state index contributed by atoms with van der Waals surface area (Å²) in [6, 6.07) is 12.1. The lowest BCUT2D eigenvalue weighted by molar-refractivity contribution is 0.0504. The fourth-order valence-corrected chi connectivity index (χ4v) is 2.58. The van der Waals surface area contributed by atoms with Gasteiger partial charge in [-0.2, -0.15) is 0 Å². The Labute approximate surface area is 143 Å². The molecule has 0 bridgehead atoms. The van der Waals surface area contributed by atoms with E-state index in [1.807, 2.05) is 38.1 Å². The maximum Gasteiger partial charge on any atom is 0.188 e. The van der Waals surface area contributed by atoms with Crippen molar-refractivity contribution in [2.45, 2.75) is 26.7 Å². The molecule has 24 heavy (non-hydrogen) atoms. The highest BCUT2D eigenvalue weighted by Gasteiger charge is 2.09. The predicted molar refractivity (Wildman–Crippen MR) is 94.1 cm³/mol. The minimum atomic E-state index is 0.128. The van der Waals surface area contributed by atoms with Gasteiger partial charge in [-0.3, -0.25) is 4.79 Å². The molecular weight excluding hydrogens is 304 g/mol. The van der Waals surface area contributed by atoms with Crippen LogP contribution in [0.15, 0.2) is 36.4 Å². The number of carbonyl (C=O) groups excluding carboxylic acids is 1. The molecule has 0 saturated carbocycles. The molecule has 128 valence electrons. The van der Waals surface area contributed by atoms with Gasteiger partial charge in [0.25, 0.3) is 0 Å². The zero-order chi connectivity index (χ0) is 17.4. The molecule has 0 unspecified atom stereocenters. The highest BCUT2D eigenvalue weighted by atomic mass is 16.7. The van der Waals surface area contributed by atoms with Gasteiger partial charge in [-0.1, -0.05) is 18.2 Å². The summed E-state index contributed by atoms with van der Waals surface area (Å²) < 4.78 is 15.9. The van der Waals surface area contributed by atoms with Gasteiger partial charge >= 0.3 is 0 Å². The number of benzene rings is 2. The zero-order valence-corrected chi connectivity index (χ0v) is 14.5. The first-order chi connectivity index (χ1) is 11.7. The smallest absolute Gasteiger partial charge is 0.188 e. The lowest BCUT2D eigenvalue weighted by atomic mass is 9.99. The maximum absolute atomic E-state index is 11.3. The number of rotatable bonds is 9. The van der Waals surface area contributed by atoms with Gasteiger partial charge in [0.15, 0.2) is 13.1 Å². The highest BCUT2D eigenvalue weighted by molar-refractivity contribution is 5.81. The molecule has 2 aromatic rings. The largest absolute Gasteiger partial charge is 0.494 e. The predicted octanol–water partition coefficient (Wildman–Crippen LogP) is 3.97. The fraction of sp³-hybridized carbons (Fsp3) is 0.350. The van der Waals surface area contributed by atoms with Gasteiger partial charge in [-0.15, -0.1) is 0 Å². The average molecular weight is 328 g/mol. The van der Waals surface area contributed by atoms with Crippen molar-refractivity contribution >= 4 is 6.29 Å². The Morgan fingerprint density at radius 2 is 1.71 bits per heavy atom. The lowest BCUT2D eigenvalue weighted by Gasteiger charge is -2.12. The summed E-state index contributed by atoms with van der Waals surface area (Å²) in [5, 5.41) is 0. The van der Waals surface area contributed by atoms with Crippen LogP contribution in [0.1, 0.15) is 34.0 Å². The summed E-state index contributed by atoms with van der Waals surface area (Å²) in [5.41, 5.74) is 3.88. The Bertz CT molecular complexity index is 662. The van der Waals surface area contributed by atoms with E-state index in [2.05, 4.69) is 12.1 Å². The van der Waals surface area contributed by atoms with Crippen molar-refractivity contribution in [1.82, 2.24) is 0 Å². The van der Waals surface area contributed by atoms with Crippen molar-refractivity contribution in [2.75, 3.05) is 20.5 Å². The monoisotopic (exact) mass is 328 g/mol. The van der Waals surface area contributed by atoms with Gasteiger partial charge in [0.1, 0.15) is 11.5 Å². The Morgan fingerprint density at radius 3 is 2.33 bits per heavy atom. The van der Waals surface area contributed by atoms with E-state index in [0.717, 1.165) is 36.0 Å². The minimum Gasteiger partial charge on any atom is -0.494 e. The van der Waals surface area contributed by atoms with Gasteiger partial charge in [0, 0.05) is 7.11 Å². The van der Waals surface area contributed by atoms with Crippen molar-refractivity contribution in [2.24, 2.45) is 0 Å². The normalized spacial score (nSPS) is 10.5. The van der Waals surface area contributed by atoms with E-state index in [0.29, 0.717) is 17.9 Å². The van der Waals surface area contributed by atoms with Gasteiger partial charge in [0.2, 0.25) is 0 Å². The summed E-state index contributed by atoms with van der Waals surface area (Å²) >= 11 is 0. The van der Waals surface area contributed by atoms with E-state index in [1.54, 1.807) is 7.11 Å². The molecule has 0 aliphatic heterocycles. The molecule has 0 aliphatic carbocycles. The summed E-state index contributed by atoms with van der Waals surface area (Å²) in [7, 11) is 1.56. The van der Waals surface area contributed by atoms with Crippen LogP contribution >= 0.6 is 0 Å². The maximum atomic E-state index is 11.3. The molecule has 4 heteroatoms. The number of aldehydes is 1. The third kappa shape index (κ3) is 4.83. The van der Waals surface area contributed by atoms with Gasteiger partial charge in [-0.25, -0.2) is 0 Å². The van der Waals surface area contributed by atoms with Crippen LogP contribution in [0.2, 0.25) is 0 Å². The quantitative estimate of drug-likeness (QED) is 0.516. The van der Waals surface area contributed by atoms with Crippen LogP contribution < -0.4 is 9.47 Å². The van der Waals surface area contributed by atoms with Crippen LogP contribution in [0.4, 0.5) is 0 Å². The van der Waals surface area contributed by atoms with E-state index in [4.69, 9.17) is 14.2 Å². The summed E-state index contributed by atoms with van der Waals surface area (Å²) in [4.78, 5) is 11.3. The van der Waals surface area contributed by atoms with Crippen LogP contribution in [0.3, 0.4) is 0 Å². The van der Waals surface area contributed by atoms with Crippen molar-refractivity contribution < 1.29 is 19.0 Å². The van der Waals surface area contributed by atoms with Crippen molar-refractivity contribution in [3.05, 3.63) is 58.7 Å². The number of methoxy groups -OCH3 is 1. The molecule has 4 nitrogen and oxygen atoms in total. The second kappa shape index (κ2) is 9.08. The SMILES string of the molecule is CCOc1ccc(CCc2cc(C)c(C=O)c(OCOC)c2)cc1. The molecule has 0 spiro atoms. The molecular formula is C20H24O4. The van der Waals surface area contributed by atoms with Gasteiger partial charge in [-0.05, 0) is 61.6 Å². The standard InChI is InChI=1S/C20H24O4/c1-4-23-18-9-7-16(8-10-18)5-6-17-11-15(2)19(13-21)20(12-17)24-14-22-3/h7-13H,4-6,14H2,1-3H3. The van der Waals surface area contributed by atoms with E-state index >= 15 is 0 Å². The number of aryl methyl sites for hydroxylation is 3. The van der Waals surface area contributed by atoms with Crippen molar-refractivity contribution in [1.29, 1.82) is 0 Å². The first-order valence-electron chi connectivity index (χ1n) is 8.10. The Morgan fingerprint density at radius 1 is 1.00 bits per heavy atom. The first-order valence-corrected chi connectivity index (χ1v) is 8.10. The third-order valence-electron chi connectivity index (χ3n) is 3.80. The summed E-state index contributed by atoms with van der Waals surface area (Å²) in [5.74, 6) is 1.47. The second-order valence-corrected chi connectivity index (χ2v) is 5.57. The highest BCUT2D eigenvalue weighted by Crippen LogP contribution is 2.24. The van der Waals surface area contributed by atoms with Crippen LogP contribution in [-0.2, 0) is 17.6 Å². The summed E-state index contributed by atoms with van der Waals surface area (Å²) in [6.45, 7) is 4.70. The molecule has 0 radical (unpaired) electrons. The Kier molecular flexibility index (Phi) is 6.82. The molecule has 0 aliphatic rings. The minimum absolute atomic E-state index is 0.128. The van der Waals surface area contributed by atoms with Crippen molar-refractivity contribution in [3.63, 3.8) is 0 Å². The van der Waals surface area contributed by atoms with Crippen LogP contribution in [0, 0.1) is 6.92 Å². The number of ether oxygens (including phenoxy) is 3. The average Bonchev–Trinajstić information content (AvgIpc) is 2.59. The molecule has 2 rings (SSSR count). The lowest BCUT2D eigenvalue weighted by Crippen LogP contribution is -2.04. The van der Waals surface area contributed by atoms with Gasteiger partial charge < -0.3 is 14.2 Å². The molecule has 0 aromatic heterocycles. The van der Waals surface area contributed by atoms with E-state index in [1.165, 1.54) is 5.56 Å². The topological polar surface area (TPSA) is 44.8 Å². The van der Waals surface area contributed by atoms with E-state index < -0.39 is 0 Å². The molecule has 0 atom stereocenters. The van der Waals surface area contributed by atoms with Crippen LogP contribution in [-0.4, -0.2) is 26.8 Å². The zero-order valence-electron chi connectivity index (χ0n) is 14.5. The fourth-order valence-electron chi connectivity index (χ4n) is 2.58. The number of hydrogen-bond acceptors (Lipinski definition) is 4. The molecule has 0 N–H and O–H groups in total. The molecule has 0 fully saturated rings.